The van der Waals surface area contributed by atoms with Gasteiger partial charge in [-0.15, -0.1) is 0 Å². The molecule has 2 N–H and O–H groups in total. The number of rotatable bonds is 5. The van der Waals surface area contributed by atoms with Gasteiger partial charge in [0.2, 0.25) is 5.88 Å². The average Bonchev–Trinajstić information content (AvgIpc) is 2.58. The van der Waals surface area contributed by atoms with Gasteiger partial charge in [-0.2, -0.15) is 4.98 Å². The van der Waals surface area contributed by atoms with E-state index in [1.807, 2.05) is 30.1 Å². The summed E-state index contributed by atoms with van der Waals surface area (Å²) in [5, 5.41) is 0. The van der Waals surface area contributed by atoms with Crippen LogP contribution in [-0.2, 0) is 6.54 Å². The van der Waals surface area contributed by atoms with Crippen LogP contribution in [0.1, 0.15) is 37.7 Å². The van der Waals surface area contributed by atoms with E-state index in [1.165, 1.54) is 31.2 Å². The highest BCUT2D eigenvalue weighted by Gasteiger charge is 2.19. The number of benzene rings is 1. The maximum Gasteiger partial charge on any atom is 0.242 e. The van der Waals surface area contributed by atoms with Gasteiger partial charge in [-0.25, -0.2) is 4.98 Å². The van der Waals surface area contributed by atoms with Crippen molar-refractivity contribution in [2.45, 2.75) is 44.8 Å². The summed E-state index contributed by atoms with van der Waals surface area (Å²) in [6.07, 6.45) is 7.66. The first-order chi connectivity index (χ1) is 11.2. The van der Waals surface area contributed by atoms with Crippen LogP contribution in [-0.4, -0.2) is 23.1 Å². The van der Waals surface area contributed by atoms with Gasteiger partial charge in [0.15, 0.2) is 5.82 Å². The van der Waals surface area contributed by atoms with Crippen molar-refractivity contribution in [3.8, 4) is 5.88 Å². The molecule has 0 aliphatic heterocycles. The Labute approximate surface area is 137 Å². The molecule has 1 saturated carbocycles. The van der Waals surface area contributed by atoms with Gasteiger partial charge in [0.05, 0.1) is 0 Å². The Morgan fingerprint density at radius 2 is 1.87 bits per heavy atom. The van der Waals surface area contributed by atoms with Crippen LogP contribution in [0.3, 0.4) is 0 Å². The number of nitrogens with zero attached hydrogens (tertiary/aromatic N) is 3. The second kappa shape index (κ2) is 7.31. The molecular weight excluding hydrogens is 288 g/mol. The van der Waals surface area contributed by atoms with Crippen molar-refractivity contribution < 1.29 is 4.74 Å². The molecule has 0 saturated heterocycles. The molecule has 1 aliphatic carbocycles. The smallest absolute Gasteiger partial charge is 0.242 e. The van der Waals surface area contributed by atoms with Gasteiger partial charge in [0.25, 0.3) is 0 Å². The summed E-state index contributed by atoms with van der Waals surface area (Å²) in [4.78, 5) is 10.6. The molecule has 1 aromatic heterocycles. The number of ether oxygens (including phenoxy) is 1. The minimum atomic E-state index is 0.230. The van der Waals surface area contributed by atoms with E-state index in [-0.39, 0.29) is 6.10 Å². The molecule has 0 radical (unpaired) electrons. The molecule has 3 rings (SSSR count). The lowest BCUT2D eigenvalue weighted by Crippen LogP contribution is -2.23. The number of aromatic nitrogens is 2. The van der Waals surface area contributed by atoms with E-state index >= 15 is 0 Å². The number of hydrogen-bond donors (Lipinski definition) is 1. The Kier molecular flexibility index (Phi) is 4.95. The summed E-state index contributed by atoms with van der Waals surface area (Å²) >= 11 is 0. The van der Waals surface area contributed by atoms with E-state index in [9.17, 15) is 0 Å². The van der Waals surface area contributed by atoms with Crippen molar-refractivity contribution in [3.05, 3.63) is 42.2 Å². The molecule has 1 fully saturated rings. The highest BCUT2D eigenvalue weighted by atomic mass is 16.5. The predicted octanol–water partition coefficient (Wildman–Crippen LogP) is 3.41. The molecule has 5 nitrogen and oxygen atoms in total. The van der Waals surface area contributed by atoms with Gasteiger partial charge >= 0.3 is 0 Å². The van der Waals surface area contributed by atoms with E-state index in [0.717, 1.165) is 25.2 Å². The highest BCUT2D eigenvalue weighted by molar-refractivity contribution is 5.67. The Hall–Kier alpha value is -2.30. The van der Waals surface area contributed by atoms with Gasteiger partial charge in [-0.1, -0.05) is 36.8 Å². The van der Waals surface area contributed by atoms with Crippen molar-refractivity contribution in [3.63, 3.8) is 0 Å². The van der Waals surface area contributed by atoms with Crippen LogP contribution in [0.4, 0.5) is 11.5 Å². The molecule has 1 aromatic carbocycles. The first kappa shape index (κ1) is 15.6. The van der Waals surface area contributed by atoms with Gasteiger partial charge in [-0.3, -0.25) is 0 Å². The molecule has 23 heavy (non-hydrogen) atoms. The molecule has 1 heterocycles. The van der Waals surface area contributed by atoms with Crippen LogP contribution >= 0.6 is 0 Å². The molecule has 122 valence electrons. The Morgan fingerprint density at radius 3 is 2.61 bits per heavy atom. The SMILES string of the molecule is CN(Cc1ccccc1)c1ncnc(OC2CCCCC2)c1N. The lowest BCUT2D eigenvalue weighted by Gasteiger charge is -2.25. The summed E-state index contributed by atoms with van der Waals surface area (Å²) in [5.74, 6) is 1.23. The van der Waals surface area contributed by atoms with E-state index in [0.29, 0.717) is 11.6 Å². The largest absolute Gasteiger partial charge is 0.473 e. The molecular formula is C18H24N4O. The minimum absolute atomic E-state index is 0.230. The monoisotopic (exact) mass is 312 g/mol. The highest BCUT2D eigenvalue weighted by Crippen LogP contribution is 2.31. The van der Waals surface area contributed by atoms with Crippen molar-refractivity contribution in [2.24, 2.45) is 0 Å². The topological polar surface area (TPSA) is 64.3 Å². The Bertz CT molecular complexity index is 626. The quantitative estimate of drug-likeness (QED) is 0.916. The maximum absolute atomic E-state index is 6.26. The predicted molar refractivity (Wildman–Crippen MR) is 92.5 cm³/mol. The van der Waals surface area contributed by atoms with Crippen LogP contribution in [0.25, 0.3) is 0 Å². The number of anilines is 2. The summed E-state index contributed by atoms with van der Waals surface area (Å²) in [6, 6.07) is 10.3. The second-order valence-electron chi connectivity index (χ2n) is 6.14. The normalized spacial score (nSPS) is 15.3. The maximum atomic E-state index is 6.26. The summed E-state index contributed by atoms with van der Waals surface area (Å²) in [7, 11) is 1.98. The molecule has 2 aromatic rings. The zero-order valence-corrected chi connectivity index (χ0v) is 13.6. The zero-order valence-electron chi connectivity index (χ0n) is 13.6. The third-order valence-electron chi connectivity index (χ3n) is 4.28. The second-order valence-corrected chi connectivity index (χ2v) is 6.14. The van der Waals surface area contributed by atoms with Crippen LogP contribution in [0.15, 0.2) is 36.7 Å². The third-order valence-corrected chi connectivity index (χ3v) is 4.28. The molecule has 5 heteroatoms. The van der Waals surface area contributed by atoms with Crippen LogP contribution < -0.4 is 15.4 Å². The van der Waals surface area contributed by atoms with Crippen LogP contribution in [0, 0.1) is 0 Å². The van der Waals surface area contributed by atoms with Crippen molar-refractivity contribution in [2.75, 3.05) is 17.7 Å². The number of nitrogen functional groups attached to an aromatic ring is 1. The first-order valence-corrected chi connectivity index (χ1v) is 8.26. The fourth-order valence-corrected chi connectivity index (χ4v) is 3.04. The molecule has 1 aliphatic rings. The van der Waals surface area contributed by atoms with Gasteiger partial charge in [0.1, 0.15) is 18.1 Å². The van der Waals surface area contributed by atoms with Crippen molar-refractivity contribution in [1.29, 1.82) is 0 Å². The third kappa shape index (κ3) is 3.92. The van der Waals surface area contributed by atoms with Crippen LogP contribution in [0.2, 0.25) is 0 Å². The lowest BCUT2D eigenvalue weighted by atomic mass is 9.98. The van der Waals surface area contributed by atoms with Crippen molar-refractivity contribution in [1.82, 2.24) is 9.97 Å². The first-order valence-electron chi connectivity index (χ1n) is 8.26. The van der Waals surface area contributed by atoms with E-state index in [1.54, 1.807) is 0 Å². The summed E-state index contributed by atoms with van der Waals surface area (Å²) in [6.45, 7) is 0.741. The summed E-state index contributed by atoms with van der Waals surface area (Å²) < 4.78 is 6.02. The standard InChI is InChI=1S/C18H24N4O/c1-22(12-14-8-4-2-5-9-14)17-16(19)18(21-13-20-17)23-15-10-6-3-7-11-15/h2,4-5,8-9,13,15H,3,6-7,10-12,19H2,1H3. The van der Waals surface area contributed by atoms with Gasteiger partial charge < -0.3 is 15.4 Å². The van der Waals surface area contributed by atoms with Crippen LogP contribution in [0.5, 0.6) is 5.88 Å². The molecule has 0 atom stereocenters. The Morgan fingerprint density at radius 1 is 1.13 bits per heavy atom. The zero-order chi connectivity index (χ0) is 16.1. The fraction of sp³-hybridized carbons (Fsp3) is 0.444. The van der Waals surface area contributed by atoms with Crippen molar-refractivity contribution >= 4 is 11.5 Å². The van der Waals surface area contributed by atoms with Gasteiger partial charge in [0, 0.05) is 13.6 Å². The van der Waals surface area contributed by atoms with E-state index in [2.05, 4.69) is 22.1 Å². The Balaban J connectivity index is 1.73. The van der Waals surface area contributed by atoms with E-state index in [4.69, 9.17) is 10.5 Å². The van der Waals surface area contributed by atoms with E-state index < -0.39 is 0 Å². The molecule has 0 bridgehead atoms. The lowest BCUT2D eigenvalue weighted by molar-refractivity contribution is 0.149. The molecule has 0 spiro atoms. The minimum Gasteiger partial charge on any atom is -0.473 e. The number of hydrogen-bond acceptors (Lipinski definition) is 5. The van der Waals surface area contributed by atoms with Gasteiger partial charge in [-0.05, 0) is 31.2 Å². The molecule has 0 unspecified atom stereocenters. The number of nitrogens with two attached hydrogens (primary N) is 1. The fourth-order valence-electron chi connectivity index (χ4n) is 3.04. The summed E-state index contributed by atoms with van der Waals surface area (Å²) in [5.41, 5.74) is 8.00. The molecule has 0 amide bonds. The average molecular weight is 312 g/mol.